The van der Waals surface area contributed by atoms with Crippen molar-refractivity contribution in [2.24, 2.45) is 0 Å². The topological polar surface area (TPSA) is 51.8 Å². The van der Waals surface area contributed by atoms with Crippen LogP contribution in [0.2, 0.25) is 0 Å². The molecule has 92 valence electrons. The van der Waals surface area contributed by atoms with Crippen LogP contribution in [0.3, 0.4) is 0 Å². The fourth-order valence-corrected chi connectivity index (χ4v) is 2.58. The fraction of sp³-hybridized carbons (Fsp3) is 0.286. The molecule has 1 unspecified atom stereocenters. The number of nitrogens with two attached hydrogens (primary N) is 1. The minimum Gasteiger partial charge on any atom is -0.381 e. The second-order valence-corrected chi connectivity index (χ2v) is 4.66. The first kappa shape index (κ1) is 11.1. The van der Waals surface area contributed by atoms with E-state index in [9.17, 15) is 4.39 Å². The molecule has 0 saturated carbocycles. The first-order chi connectivity index (χ1) is 8.66. The summed E-state index contributed by atoms with van der Waals surface area (Å²) >= 11 is 0. The average Bonchev–Trinajstić information content (AvgIpc) is 2.79. The molecule has 0 saturated heterocycles. The Labute approximate surface area is 105 Å². The third-order valence-electron chi connectivity index (χ3n) is 3.50. The first-order valence-corrected chi connectivity index (χ1v) is 6.04. The van der Waals surface area contributed by atoms with Gasteiger partial charge in [-0.1, -0.05) is 24.3 Å². The van der Waals surface area contributed by atoms with Crippen molar-refractivity contribution in [2.75, 3.05) is 5.73 Å². The molecule has 2 N–H and O–H groups in total. The maximum absolute atomic E-state index is 13.4. The Balaban J connectivity index is 2.08. The zero-order chi connectivity index (χ0) is 12.7. The highest BCUT2D eigenvalue weighted by molar-refractivity contribution is 5.41. The highest BCUT2D eigenvalue weighted by Crippen LogP contribution is 2.36. The lowest BCUT2D eigenvalue weighted by Crippen LogP contribution is -2.09. The summed E-state index contributed by atoms with van der Waals surface area (Å²) < 4.78 is 13.4. The van der Waals surface area contributed by atoms with Crippen molar-refractivity contribution >= 4 is 5.82 Å². The Hall–Kier alpha value is -1.97. The van der Waals surface area contributed by atoms with Crippen molar-refractivity contribution in [1.82, 2.24) is 9.97 Å². The molecule has 2 aromatic rings. The summed E-state index contributed by atoms with van der Waals surface area (Å²) in [7, 11) is 0. The number of aromatic nitrogens is 2. The monoisotopic (exact) mass is 243 g/mol. The van der Waals surface area contributed by atoms with E-state index in [1.165, 1.54) is 11.1 Å². The summed E-state index contributed by atoms with van der Waals surface area (Å²) in [4.78, 5) is 8.35. The number of halogens is 1. The molecular formula is C14H14FN3. The largest absolute Gasteiger partial charge is 0.381 e. The van der Waals surface area contributed by atoms with Crippen LogP contribution in [0.5, 0.6) is 0 Å². The second-order valence-electron chi connectivity index (χ2n) is 4.66. The van der Waals surface area contributed by atoms with Gasteiger partial charge in [0.1, 0.15) is 5.82 Å². The predicted octanol–water partition coefficient (Wildman–Crippen LogP) is 2.58. The molecule has 0 radical (unpaired) electrons. The maximum Gasteiger partial charge on any atom is 0.186 e. The van der Waals surface area contributed by atoms with Gasteiger partial charge in [-0.3, -0.25) is 0 Å². The second kappa shape index (κ2) is 4.05. The van der Waals surface area contributed by atoms with E-state index >= 15 is 0 Å². The van der Waals surface area contributed by atoms with Crippen LogP contribution >= 0.6 is 0 Å². The number of nitrogen functional groups attached to an aromatic ring is 1. The van der Waals surface area contributed by atoms with E-state index in [4.69, 9.17) is 5.73 Å². The summed E-state index contributed by atoms with van der Waals surface area (Å²) in [6.07, 6.45) is 1.98. The van der Waals surface area contributed by atoms with Crippen molar-refractivity contribution in [3.8, 4) is 0 Å². The molecular weight excluding hydrogens is 229 g/mol. The molecule has 0 aliphatic heterocycles. The highest BCUT2D eigenvalue weighted by Gasteiger charge is 2.26. The molecule has 1 aliphatic carbocycles. The Morgan fingerprint density at radius 2 is 2.06 bits per heavy atom. The summed E-state index contributed by atoms with van der Waals surface area (Å²) in [6, 6.07) is 8.25. The van der Waals surface area contributed by atoms with Gasteiger partial charge in [-0.15, -0.1) is 0 Å². The van der Waals surface area contributed by atoms with Gasteiger partial charge in [-0.2, -0.15) is 0 Å². The lowest BCUT2D eigenvalue weighted by molar-refractivity contribution is 0.596. The molecule has 0 bridgehead atoms. The Kier molecular flexibility index (Phi) is 2.51. The van der Waals surface area contributed by atoms with Gasteiger partial charge in [0.25, 0.3) is 0 Å². The standard InChI is InChI=1S/C14H14FN3/c1-8-12(15)13(16)18-14(17-8)11-7-6-9-4-2-3-5-10(9)11/h2-5,11H,6-7H2,1H3,(H2,16,17,18). The fourth-order valence-electron chi connectivity index (χ4n) is 2.58. The average molecular weight is 243 g/mol. The van der Waals surface area contributed by atoms with E-state index in [1.54, 1.807) is 6.92 Å². The summed E-state index contributed by atoms with van der Waals surface area (Å²) in [6.45, 7) is 1.62. The van der Waals surface area contributed by atoms with Crippen LogP contribution < -0.4 is 5.73 Å². The zero-order valence-corrected chi connectivity index (χ0v) is 10.2. The quantitative estimate of drug-likeness (QED) is 0.837. The third kappa shape index (κ3) is 1.65. The number of hydrogen-bond donors (Lipinski definition) is 1. The van der Waals surface area contributed by atoms with E-state index < -0.39 is 5.82 Å². The Morgan fingerprint density at radius 3 is 2.83 bits per heavy atom. The van der Waals surface area contributed by atoms with Gasteiger partial charge in [0.15, 0.2) is 11.6 Å². The zero-order valence-electron chi connectivity index (χ0n) is 10.2. The number of nitrogens with zero attached hydrogens (tertiary/aromatic N) is 2. The smallest absolute Gasteiger partial charge is 0.186 e. The third-order valence-corrected chi connectivity index (χ3v) is 3.50. The van der Waals surface area contributed by atoms with Gasteiger partial charge >= 0.3 is 0 Å². The van der Waals surface area contributed by atoms with Gasteiger partial charge < -0.3 is 5.73 Å². The maximum atomic E-state index is 13.4. The lowest BCUT2D eigenvalue weighted by Gasteiger charge is -2.12. The molecule has 1 aliphatic rings. The van der Waals surface area contributed by atoms with Crippen LogP contribution in [0.1, 0.15) is 35.0 Å². The summed E-state index contributed by atoms with van der Waals surface area (Å²) in [5.41, 5.74) is 8.47. The van der Waals surface area contributed by atoms with Crippen LogP contribution in [0.15, 0.2) is 24.3 Å². The van der Waals surface area contributed by atoms with Gasteiger partial charge in [-0.25, -0.2) is 14.4 Å². The molecule has 4 heteroatoms. The molecule has 3 rings (SSSR count). The minimum absolute atomic E-state index is 0.0538. The van der Waals surface area contributed by atoms with Crippen molar-refractivity contribution in [2.45, 2.75) is 25.7 Å². The first-order valence-electron chi connectivity index (χ1n) is 6.04. The minimum atomic E-state index is -0.509. The molecule has 0 amide bonds. The number of anilines is 1. The van der Waals surface area contributed by atoms with Gasteiger partial charge in [0.2, 0.25) is 0 Å². The van der Waals surface area contributed by atoms with Gasteiger partial charge in [0, 0.05) is 5.92 Å². The normalized spacial score (nSPS) is 17.8. The van der Waals surface area contributed by atoms with E-state index in [2.05, 4.69) is 22.1 Å². The lowest BCUT2D eigenvalue weighted by atomic mass is 10.0. The number of hydrogen-bond acceptors (Lipinski definition) is 3. The number of aryl methyl sites for hydroxylation is 2. The Bertz CT molecular complexity index is 587. The van der Waals surface area contributed by atoms with Crippen molar-refractivity contribution < 1.29 is 4.39 Å². The molecule has 1 heterocycles. The van der Waals surface area contributed by atoms with Crippen LogP contribution in [0, 0.1) is 12.7 Å². The Morgan fingerprint density at radius 1 is 1.28 bits per heavy atom. The van der Waals surface area contributed by atoms with Crippen LogP contribution in [0.25, 0.3) is 0 Å². The van der Waals surface area contributed by atoms with E-state index in [0.29, 0.717) is 11.5 Å². The van der Waals surface area contributed by atoms with E-state index in [0.717, 1.165) is 12.8 Å². The molecule has 1 atom stereocenters. The van der Waals surface area contributed by atoms with Crippen LogP contribution in [-0.4, -0.2) is 9.97 Å². The van der Waals surface area contributed by atoms with Crippen molar-refractivity contribution in [3.05, 3.63) is 52.7 Å². The SMILES string of the molecule is Cc1nc(C2CCc3ccccc32)nc(N)c1F. The summed E-state index contributed by atoms with van der Waals surface area (Å²) in [5, 5.41) is 0. The number of rotatable bonds is 1. The molecule has 1 aromatic heterocycles. The summed E-state index contributed by atoms with van der Waals surface area (Å²) in [5.74, 6) is 0.214. The van der Waals surface area contributed by atoms with E-state index in [-0.39, 0.29) is 11.7 Å². The van der Waals surface area contributed by atoms with E-state index in [1.807, 2.05) is 12.1 Å². The molecule has 18 heavy (non-hydrogen) atoms. The van der Waals surface area contributed by atoms with Gasteiger partial charge in [0.05, 0.1) is 5.69 Å². The molecule has 1 aromatic carbocycles. The highest BCUT2D eigenvalue weighted by atomic mass is 19.1. The number of benzene rings is 1. The van der Waals surface area contributed by atoms with Crippen molar-refractivity contribution in [1.29, 1.82) is 0 Å². The molecule has 3 nitrogen and oxygen atoms in total. The predicted molar refractivity (Wildman–Crippen MR) is 67.7 cm³/mol. The van der Waals surface area contributed by atoms with Crippen molar-refractivity contribution in [3.63, 3.8) is 0 Å². The molecule has 0 spiro atoms. The molecule has 0 fully saturated rings. The number of fused-ring (bicyclic) bond motifs is 1. The van der Waals surface area contributed by atoms with Crippen LogP contribution in [0.4, 0.5) is 10.2 Å². The van der Waals surface area contributed by atoms with Gasteiger partial charge in [-0.05, 0) is 30.9 Å². The van der Waals surface area contributed by atoms with Crippen LogP contribution in [-0.2, 0) is 6.42 Å².